The third-order valence-electron chi connectivity index (χ3n) is 2.04. The van der Waals surface area contributed by atoms with Crippen LogP contribution in [0.1, 0.15) is 6.92 Å². The molecule has 5 heteroatoms. The molecule has 1 rings (SSSR count). The van der Waals surface area contributed by atoms with E-state index < -0.39 is 11.9 Å². The van der Waals surface area contributed by atoms with E-state index in [0.29, 0.717) is 11.4 Å². The molecule has 0 aliphatic carbocycles. The molecule has 0 fully saturated rings. The van der Waals surface area contributed by atoms with E-state index in [2.05, 4.69) is 5.32 Å². The number of carbonyl (C=O) groups excluding carboxylic acids is 1. The van der Waals surface area contributed by atoms with Gasteiger partial charge in [0.25, 0.3) is 0 Å². The van der Waals surface area contributed by atoms with E-state index in [1.54, 1.807) is 31.4 Å². The van der Waals surface area contributed by atoms with Crippen LogP contribution in [0, 0.1) is 0 Å². The minimum atomic E-state index is -1.12. The average Bonchev–Trinajstić information content (AvgIpc) is 2.29. The largest absolute Gasteiger partial charge is 0.497 e. The lowest BCUT2D eigenvalue weighted by atomic mass is 10.2. The summed E-state index contributed by atoms with van der Waals surface area (Å²) in [6.45, 7) is 1.36. The minimum Gasteiger partial charge on any atom is -0.497 e. The van der Waals surface area contributed by atoms with E-state index >= 15 is 0 Å². The Labute approximate surface area is 98.7 Å². The first-order chi connectivity index (χ1) is 8.02. The second kappa shape index (κ2) is 5.69. The molecule has 1 amide bonds. The van der Waals surface area contributed by atoms with Crippen molar-refractivity contribution in [3.05, 3.63) is 35.9 Å². The zero-order chi connectivity index (χ0) is 12.8. The van der Waals surface area contributed by atoms with Gasteiger partial charge in [-0.3, -0.25) is 4.79 Å². The first kappa shape index (κ1) is 12.8. The monoisotopic (exact) mass is 235 g/mol. The Balaban J connectivity index is 2.68. The Morgan fingerprint density at radius 3 is 2.35 bits per heavy atom. The summed E-state index contributed by atoms with van der Waals surface area (Å²) < 4.78 is 4.97. The zero-order valence-corrected chi connectivity index (χ0v) is 9.56. The molecular formula is C12H13NO4. The molecule has 0 radical (unpaired) electrons. The number of hydrogen-bond donors (Lipinski definition) is 2. The molecule has 0 aliphatic heterocycles. The van der Waals surface area contributed by atoms with Crippen molar-refractivity contribution in [1.82, 2.24) is 0 Å². The number of methoxy groups -OCH3 is 1. The molecule has 2 N–H and O–H groups in total. The van der Waals surface area contributed by atoms with Gasteiger partial charge in [0.15, 0.2) is 0 Å². The number of hydrogen-bond acceptors (Lipinski definition) is 3. The summed E-state index contributed by atoms with van der Waals surface area (Å²) in [5, 5.41) is 11.1. The van der Waals surface area contributed by atoms with Crippen LogP contribution in [0.3, 0.4) is 0 Å². The van der Waals surface area contributed by atoms with Crippen LogP contribution in [0.4, 0.5) is 5.69 Å². The third-order valence-corrected chi connectivity index (χ3v) is 2.04. The highest BCUT2D eigenvalue weighted by Crippen LogP contribution is 2.14. The summed E-state index contributed by atoms with van der Waals surface area (Å²) in [6, 6.07) is 6.73. The summed E-state index contributed by atoms with van der Waals surface area (Å²) in [4.78, 5) is 21.9. The number of carboxylic acid groups (broad SMARTS) is 1. The molecule has 0 saturated heterocycles. The van der Waals surface area contributed by atoms with Crippen molar-refractivity contribution in [3.63, 3.8) is 0 Å². The number of carbonyl (C=O) groups is 2. The van der Waals surface area contributed by atoms with Gasteiger partial charge in [0.05, 0.1) is 7.11 Å². The lowest BCUT2D eigenvalue weighted by Crippen LogP contribution is -2.10. The van der Waals surface area contributed by atoms with Gasteiger partial charge in [-0.15, -0.1) is 0 Å². The predicted octanol–water partition coefficient (Wildman–Crippen LogP) is 1.66. The molecule has 0 saturated carbocycles. The standard InChI is InChI=1S/C12H13NO4/c1-8(12(15)16)7-11(14)13-9-3-5-10(17-2)6-4-9/h3-7H,1-2H3,(H,13,14)(H,15,16)/b8-7+. The average molecular weight is 235 g/mol. The van der Waals surface area contributed by atoms with Gasteiger partial charge in [-0.25, -0.2) is 4.79 Å². The van der Waals surface area contributed by atoms with Crippen LogP contribution >= 0.6 is 0 Å². The van der Waals surface area contributed by atoms with E-state index in [0.717, 1.165) is 6.08 Å². The highest BCUT2D eigenvalue weighted by Gasteiger charge is 2.04. The van der Waals surface area contributed by atoms with E-state index in [1.807, 2.05) is 0 Å². The second-order valence-electron chi connectivity index (χ2n) is 3.35. The van der Waals surface area contributed by atoms with Gasteiger partial charge < -0.3 is 15.2 Å². The molecule has 5 nitrogen and oxygen atoms in total. The van der Waals surface area contributed by atoms with Crippen molar-refractivity contribution in [2.75, 3.05) is 12.4 Å². The maximum absolute atomic E-state index is 11.4. The number of anilines is 1. The van der Waals surface area contributed by atoms with Gasteiger partial charge in [-0.05, 0) is 31.2 Å². The van der Waals surface area contributed by atoms with Crippen LogP contribution in [0.15, 0.2) is 35.9 Å². The van der Waals surface area contributed by atoms with E-state index in [9.17, 15) is 9.59 Å². The highest BCUT2D eigenvalue weighted by atomic mass is 16.5. The Hall–Kier alpha value is -2.30. The lowest BCUT2D eigenvalue weighted by Gasteiger charge is -2.04. The molecule has 0 unspecified atom stereocenters. The fourth-order valence-corrected chi connectivity index (χ4v) is 1.11. The molecule has 0 spiro atoms. The number of amides is 1. The Kier molecular flexibility index (Phi) is 4.28. The van der Waals surface area contributed by atoms with Gasteiger partial charge in [0, 0.05) is 17.3 Å². The third kappa shape index (κ3) is 3.98. The first-order valence-corrected chi connectivity index (χ1v) is 4.89. The number of carboxylic acids is 1. The molecule has 0 aliphatic rings. The van der Waals surface area contributed by atoms with Crippen LogP contribution in [0.5, 0.6) is 5.75 Å². The summed E-state index contributed by atoms with van der Waals surface area (Å²) >= 11 is 0. The van der Waals surface area contributed by atoms with Crippen LogP contribution in [0.2, 0.25) is 0 Å². The molecule has 0 bridgehead atoms. The van der Waals surface area contributed by atoms with Crippen LogP contribution in [-0.4, -0.2) is 24.1 Å². The smallest absolute Gasteiger partial charge is 0.331 e. The van der Waals surface area contributed by atoms with Crippen molar-refractivity contribution in [2.24, 2.45) is 0 Å². The Morgan fingerprint density at radius 2 is 1.88 bits per heavy atom. The summed E-state index contributed by atoms with van der Waals surface area (Å²) in [5.41, 5.74) is 0.557. The van der Waals surface area contributed by atoms with Crippen molar-refractivity contribution in [2.45, 2.75) is 6.92 Å². The molecule has 0 heterocycles. The van der Waals surface area contributed by atoms with Crippen LogP contribution in [-0.2, 0) is 9.59 Å². The van der Waals surface area contributed by atoms with Gasteiger partial charge >= 0.3 is 5.97 Å². The fourth-order valence-electron chi connectivity index (χ4n) is 1.11. The van der Waals surface area contributed by atoms with Gasteiger partial charge in [0.2, 0.25) is 5.91 Å². The Morgan fingerprint density at radius 1 is 1.29 bits per heavy atom. The van der Waals surface area contributed by atoms with Gasteiger partial charge in [0.1, 0.15) is 5.75 Å². The molecule has 90 valence electrons. The first-order valence-electron chi connectivity index (χ1n) is 4.89. The minimum absolute atomic E-state index is 0.0176. The number of nitrogens with one attached hydrogen (secondary N) is 1. The zero-order valence-electron chi connectivity index (χ0n) is 9.56. The number of aliphatic carboxylic acids is 1. The van der Waals surface area contributed by atoms with Crippen LogP contribution in [0.25, 0.3) is 0 Å². The van der Waals surface area contributed by atoms with Gasteiger partial charge in [-0.1, -0.05) is 0 Å². The normalized spacial score (nSPS) is 10.8. The van der Waals surface area contributed by atoms with Crippen LogP contribution < -0.4 is 10.1 Å². The highest BCUT2D eigenvalue weighted by molar-refractivity contribution is 6.04. The summed E-state index contributed by atoms with van der Waals surface area (Å²) in [7, 11) is 1.55. The summed E-state index contributed by atoms with van der Waals surface area (Å²) in [6.07, 6.45) is 1.03. The van der Waals surface area contributed by atoms with Crippen molar-refractivity contribution in [3.8, 4) is 5.75 Å². The molecule has 1 aromatic carbocycles. The lowest BCUT2D eigenvalue weighted by molar-refractivity contribution is -0.132. The molecule has 17 heavy (non-hydrogen) atoms. The van der Waals surface area contributed by atoms with Crippen molar-refractivity contribution >= 4 is 17.6 Å². The molecular weight excluding hydrogens is 222 g/mol. The molecule has 1 aromatic rings. The van der Waals surface area contributed by atoms with E-state index in [4.69, 9.17) is 9.84 Å². The van der Waals surface area contributed by atoms with E-state index in [1.165, 1.54) is 6.92 Å². The topological polar surface area (TPSA) is 75.6 Å². The quantitative estimate of drug-likeness (QED) is 0.778. The Bertz CT molecular complexity index is 448. The van der Waals surface area contributed by atoms with Gasteiger partial charge in [-0.2, -0.15) is 0 Å². The number of benzene rings is 1. The maximum atomic E-state index is 11.4. The molecule has 0 atom stereocenters. The number of rotatable bonds is 4. The SMILES string of the molecule is COc1ccc(NC(=O)/C=C(\C)C(=O)O)cc1. The maximum Gasteiger partial charge on any atom is 0.331 e. The molecule has 0 aromatic heterocycles. The number of ether oxygens (including phenoxy) is 1. The summed E-state index contributed by atoms with van der Waals surface area (Å²) in [5.74, 6) is -0.912. The predicted molar refractivity (Wildman–Crippen MR) is 63.0 cm³/mol. The fraction of sp³-hybridized carbons (Fsp3) is 0.167. The van der Waals surface area contributed by atoms with Crippen molar-refractivity contribution < 1.29 is 19.4 Å². The second-order valence-corrected chi connectivity index (χ2v) is 3.35. The van der Waals surface area contributed by atoms with E-state index in [-0.39, 0.29) is 5.57 Å². The van der Waals surface area contributed by atoms with Crippen molar-refractivity contribution in [1.29, 1.82) is 0 Å².